The summed E-state index contributed by atoms with van der Waals surface area (Å²) in [4.78, 5) is 0. The zero-order valence-electron chi connectivity index (χ0n) is 7.90. The molecule has 0 radical (unpaired) electrons. The fraction of sp³-hybridized carbons (Fsp3) is 0.500. The molecule has 0 fully saturated rings. The minimum absolute atomic E-state index is 0.596. The number of aryl methyl sites for hydroxylation is 1. The van der Waals surface area contributed by atoms with Crippen LogP contribution in [0, 0.1) is 6.92 Å². The van der Waals surface area contributed by atoms with Crippen LogP contribution < -0.4 is 5.73 Å². The molecule has 0 spiro atoms. The van der Waals surface area contributed by atoms with E-state index in [9.17, 15) is 0 Å². The van der Waals surface area contributed by atoms with Gasteiger partial charge in [0.1, 0.15) is 5.82 Å². The van der Waals surface area contributed by atoms with Gasteiger partial charge in [-0.05, 0) is 6.92 Å². The lowest BCUT2D eigenvalue weighted by Gasteiger charge is -1.97. The van der Waals surface area contributed by atoms with E-state index in [2.05, 4.69) is 10.2 Å². The van der Waals surface area contributed by atoms with Crippen molar-refractivity contribution in [3.8, 4) is 0 Å². The summed E-state index contributed by atoms with van der Waals surface area (Å²) in [5.41, 5.74) is 5.31. The quantitative estimate of drug-likeness (QED) is 0.572. The highest BCUT2D eigenvalue weighted by molar-refractivity contribution is 7.99. The van der Waals surface area contributed by atoms with E-state index in [0.29, 0.717) is 6.54 Å². The number of nitrogens with zero attached hydrogens (tertiary/aromatic N) is 3. The maximum absolute atomic E-state index is 5.31. The summed E-state index contributed by atoms with van der Waals surface area (Å²) >= 11 is 1.65. The zero-order chi connectivity index (χ0) is 9.68. The summed E-state index contributed by atoms with van der Waals surface area (Å²) in [6, 6.07) is 0. The summed E-state index contributed by atoms with van der Waals surface area (Å²) in [6.07, 6.45) is 3.98. The topological polar surface area (TPSA) is 56.7 Å². The Morgan fingerprint density at radius 1 is 1.46 bits per heavy atom. The summed E-state index contributed by atoms with van der Waals surface area (Å²) in [7, 11) is 1.96. The fourth-order valence-corrected chi connectivity index (χ4v) is 1.61. The van der Waals surface area contributed by atoms with E-state index in [1.807, 2.05) is 30.7 Å². The van der Waals surface area contributed by atoms with Gasteiger partial charge in [-0.15, -0.1) is 10.2 Å². The molecular formula is C8H14N4S. The van der Waals surface area contributed by atoms with Crippen molar-refractivity contribution in [2.24, 2.45) is 12.8 Å². The minimum atomic E-state index is 0.596. The molecule has 0 aromatic carbocycles. The maximum atomic E-state index is 5.31. The molecule has 0 unspecified atom stereocenters. The fourth-order valence-electron chi connectivity index (χ4n) is 0.800. The van der Waals surface area contributed by atoms with Gasteiger partial charge in [0.05, 0.1) is 0 Å². The number of aromatic nitrogens is 3. The average Bonchev–Trinajstić information content (AvgIpc) is 2.43. The first-order chi connectivity index (χ1) is 6.25. The summed E-state index contributed by atoms with van der Waals surface area (Å²) in [5, 5.41) is 8.93. The van der Waals surface area contributed by atoms with E-state index >= 15 is 0 Å². The Kier molecular flexibility index (Phi) is 3.98. The first kappa shape index (κ1) is 10.3. The smallest absolute Gasteiger partial charge is 0.191 e. The second-order valence-electron chi connectivity index (χ2n) is 2.61. The molecule has 0 saturated heterocycles. The van der Waals surface area contributed by atoms with Crippen molar-refractivity contribution in [3.63, 3.8) is 0 Å². The van der Waals surface area contributed by atoms with Crippen molar-refractivity contribution in [1.82, 2.24) is 14.8 Å². The van der Waals surface area contributed by atoms with Crippen LogP contribution in [-0.2, 0) is 7.05 Å². The van der Waals surface area contributed by atoms with Gasteiger partial charge in [0.15, 0.2) is 5.16 Å². The van der Waals surface area contributed by atoms with Crippen LogP contribution >= 0.6 is 11.8 Å². The summed E-state index contributed by atoms with van der Waals surface area (Å²) in [6.45, 7) is 2.53. The molecule has 1 heterocycles. The molecule has 13 heavy (non-hydrogen) atoms. The minimum Gasteiger partial charge on any atom is -0.327 e. The molecule has 2 N–H and O–H groups in total. The van der Waals surface area contributed by atoms with Crippen LogP contribution in [0.1, 0.15) is 5.82 Å². The van der Waals surface area contributed by atoms with Gasteiger partial charge in [-0.25, -0.2) is 0 Å². The predicted molar refractivity (Wildman–Crippen MR) is 54.7 cm³/mol. The molecule has 4 nitrogen and oxygen atoms in total. The lowest BCUT2D eigenvalue weighted by Crippen LogP contribution is -1.94. The highest BCUT2D eigenvalue weighted by Crippen LogP contribution is 2.14. The second-order valence-corrected chi connectivity index (χ2v) is 3.59. The first-order valence-electron chi connectivity index (χ1n) is 4.09. The summed E-state index contributed by atoms with van der Waals surface area (Å²) in [5.74, 6) is 1.83. The van der Waals surface area contributed by atoms with Crippen molar-refractivity contribution in [1.29, 1.82) is 0 Å². The molecule has 0 aliphatic carbocycles. The maximum Gasteiger partial charge on any atom is 0.191 e. The van der Waals surface area contributed by atoms with Crippen LogP contribution in [-0.4, -0.2) is 27.1 Å². The van der Waals surface area contributed by atoms with E-state index in [-0.39, 0.29) is 0 Å². The van der Waals surface area contributed by atoms with Gasteiger partial charge in [0, 0.05) is 19.3 Å². The predicted octanol–water partition coefficient (Wildman–Crippen LogP) is 0.731. The van der Waals surface area contributed by atoms with E-state index in [1.54, 1.807) is 11.8 Å². The summed E-state index contributed by atoms with van der Waals surface area (Å²) < 4.78 is 1.97. The van der Waals surface area contributed by atoms with Gasteiger partial charge in [0.2, 0.25) is 0 Å². The molecule has 0 bridgehead atoms. The third-order valence-electron chi connectivity index (χ3n) is 1.66. The SMILES string of the molecule is Cc1nnc(SCC=CCN)n1C. The third-order valence-corrected chi connectivity index (χ3v) is 2.64. The van der Waals surface area contributed by atoms with Gasteiger partial charge in [-0.2, -0.15) is 0 Å². The van der Waals surface area contributed by atoms with Crippen molar-refractivity contribution in [3.05, 3.63) is 18.0 Å². The lowest BCUT2D eigenvalue weighted by molar-refractivity contribution is 0.766. The molecule has 5 heteroatoms. The highest BCUT2D eigenvalue weighted by Gasteiger charge is 2.02. The van der Waals surface area contributed by atoms with Crippen molar-refractivity contribution in [2.75, 3.05) is 12.3 Å². The van der Waals surface area contributed by atoms with Crippen LogP contribution in [0.5, 0.6) is 0 Å². The van der Waals surface area contributed by atoms with Crippen LogP contribution in [0.3, 0.4) is 0 Å². The van der Waals surface area contributed by atoms with E-state index in [4.69, 9.17) is 5.73 Å². The Balaban J connectivity index is 2.45. The number of thioether (sulfide) groups is 1. The third kappa shape index (κ3) is 2.86. The lowest BCUT2D eigenvalue weighted by atomic mass is 10.5. The molecule has 0 aliphatic rings. The molecule has 1 aromatic rings. The molecule has 0 amide bonds. The van der Waals surface area contributed by atoms with Gasteiger partial charge < -0.3 is 10.3 Å². The van der Waals surface area contributed by atoms with Crippen molar-refractivity contribution >= 4 is 11.8 Å². The van der Waals surface area contributed by atoms with Crippen LogP contribution in [0.15, 0.2) is 17.3 Å². The van der Waals surface area contributed by atoms with Gasteiger partial charge in [-0.3, -0.25) is 0 Å². The van der Waals surface area contributed by atoms with E-state index in [0.717, 1.165) is 16.7 Å². The van der Waals surface area contributed by atoms with Gasteiger partial charge in [0.25, 0.3) is 0 Å². The Morgan fingerprint density at radius 2 is 2.23 bits per heavy atom. The molecule has 1 aromatic heterocycles. The largest absolute Gasteiger partial charge is 0.327 e. The monoisotopic (exact) mass is 198 g/mol. The average molecular weight is 198 g/mol. The molecular weight excluding hydrogens is 184 g/mol. The Morgan fingerprint density at radius 3 is 2.77 bits per heavy atom. The first-order valence-corrected chi connectivity index (χ1v) is 5.08. The standard InChI is InChI=1S/C8H14N4S/c1-7-10-11-8(12(7)2)13-6-4-3-5-9/h3-4H,5-6,9H2,1-2H3. The number of rotatable bonds is 4. The van der Waals surface area contributed by atoms with Crippen LogP contribution in [0.25, 0.3) is 0 Å². The molecule has 1 rings (SSSR count). The number of hydrogen-bond donors (Lipinski definition) is 1. The van der Waals surface area contributed by atoms with Crippen molar-refractivity contribution in [2.45, 2.75) is 12.1 Å². The van der Waals surface area contributed by atoms with Gasteiger partial charge in [-0.1, -0.05) is 23.9 Å². The molecule has 72 valence electrons. The Hall–Kier alpha value is -0.810. The molecule has 0 saturated carbocycles. The number of nitrogens with two attached hydrogens (primary N) is 1. The van der Waals surface area contributed by atoms with E-state index < -0.39 is 0 Å². The van der Waals surface area contributed by atoms with Gasteiger partial charge >= 0.3 is 0 Å². The number of hydrogen-bond acceptors (Lipinski definition) is 4. The Labute approximate surface area is 82.2 Å². The molecule has 0 atom stereocenters. The van der Waals surface area contributed by atoms with E-state index in [1.165, 1.54) is 0 Å². The van der Waals surface area contributed by atoms with Crippen LogP contribution in [0.2, 0.25) is 0 Å². The Bertz CT molecular complexity index is 292. The normalized spacial score (nSPS) is 11.3. The van der Waals surface area contributed by atoms with Crippen molar-refractivity contribution < 1.29 is 0 Å². The highest BCUT2D eigenvalue weighted by atomic mass is 32.2. The second kappa shape index (κ2) is 5.04. The van der Waals surface area contributed by atoms with Crippen LogP contribution in [0.4, 0.5) is 0 Å². The zero-order valence-corrected chi connectivity index (χ0v) is 8.71. The molecule has 0 aliphatic heterocycles.